The fourth-order valence-corrected chi connectivity index (χ4v) is 2.40. The summed E-state index contributed by atoms with van der Waals surface area (Å²) in [5.41, 5.74) is -0.558. The van der Waals surface area contributed by atoms with Crippen molar-refractivity contribution in [1.29, 1.82) is 0 Å². The van der Waals surface area contributed by atoms with E-state index in [0.29, 0.717) is 25.4 Å². The van der Waals surface area contributed by atoms with Crippen LogP contribution in [0.4, 0.5) is 0 Å². The average molecular weight is 227 g/mol. The van der Waals surface area contributed by atoms with Crippen LogP contribution in [0, 0.1) is 11.3 Å². The molecule has 16 heavy (non-hydrogen) atoms. The van der Waals surface area contributed by atoms with Gasteiger partial charge < -0.3 is 10.0 Å². The molecule has 1 N–H and O–H groups in total. The third-order valence-corrected chi connectivity index (χ3v) is 4.36. The molecule has 0 heterocycles. The highest BCUT2D eigenvalue weighted by molar-refractivity contribution is 5.74. The van der Waals surface area contributed by atoms with Crippen molar-refractivity contribution in [3.05, 3.63) is 0 Å². The van der Waals surface area contributed by atoms with Crippen molar-refractivity contribution in [2.75, 3.05) is 13.6 Å². The third-order valence-electron chi connectivity index (χ3n) is 4.36. The van der Waals surface area contributed by atoms with Gasteiger partial charge in [0, 0.05) is 12.6 Å². The van der Waals surface area contributed by atoms with Crippen LogP contribution in [-0.4, -0.2) is 35.6 Å². The van der Waals surface area contributed by atoms with Crippen LogP contribution in [0.15, 0.2) is 0 Å². The van der Waals surface area contributed by atoms with Crippen LogP contribution in [-0.2, 0) is 4.79 Å². The van der Waals surface area contributed by atoms with Gasteiger partial charge in [-0.05, 0) is 45.6 Å². The highest BCUT2D eigenvalue weighted by Gasteiger charge is 2.39. The second-order valence-electron chi connectivity index (χ2n) is 5.29. The summed E-state index contributed by atoms with van der Waals surface area (Å²) >= 11 is 0. The van der Waals surface area contributed by atoms with Gasteiger partial charge in [-0.2, -0.15) is 0 Å². The second-order valence-corrected chi connectivity index (χ2v) is 5.29. The highest BCUT2D eigenvalue weighted by atomic mass is 16.4. The largest absolute Gasteiger partial charge is 0.481 e. The van der Waals surface area contributed by atoms with E-state index in [9.17, 15) is 9.90 Å². The molecule has 0 saturated heterocycles. The number of carboxylic acid groups (broad SMARTS) is 1. The van der Waals surface area contributed by atoms with Crippen molar-refractivity contribution in [2.24, 2.45) is 11.3 Å². The number of carbonyl (C=O) groups is 1. The van der Waals surface area contributed by atoms with Crippen LogP contribution in [0.1, 0.15) is 46.5 Å². The maximum atomic E-state index is 11.4. The van der Waals surface area contributed by atoms with Crippen LogP contribution >= 0.6 is 0 Å². The Balaban J connectivity index is 2.62. The van der Waals surface area contributed by atoms with Gasteiger partial charge >= 0.3 is 5.97 Å². The fraction of sp³-hybridized carbons (Fsp3) is 0.923. The van der Waals surface area contributed by atoms with E-state index >= 15 is 0 Å². The number of hydrogen-bond acceptors (Lipinski definition) is 2. The fourth-order valence-electron chi connectivity index (χ4n) is 2.40. The minimum atomic E-state index is -0.646. The smallest absolute Gasteiger partial charge is 0.310 e. The first kappa shape index (κ1) is 13.5. The lowest BCUT2D eigenvalue weighted by atomic mass is 9.81. The van der Waals surface area contributed by atoms with E-state index in [0.717, 1.165) is 5.92 Å². The number of hydrogen-bond donors (Lipinski definition) is 1. The summed E-state index contributed by atoms with van der Waals surface area (Å²) in [4.78, 5) is 13.6. The number of aliphatic carboxylic acids is 1. The molecule has 3 heteroatoms. The van der Waals surface area contributed by atoms with Gasteiger partial charge in [0.25, 0.3) is 0 Å². The first-order valence-electron chi connectivity index (χ1n) is 6.40. The third kappa shape index (κ3) is 2.76. The first-order chi connectivity index (χ1) is 7.46. The molecule has 1 rings (SSSR count). The summed E-state index contributed by atoms with van der Waals surface area (Å²) in [6.07, 6.45) is 4.04. The summed E-state index contributed by atoms with van der Waals surface area (Å²) < 4.78 is 0. The topological polar surface area (TPSA) is 40.5 Å². The summed E-state index contributed by atoms with van der Waals surface area (Å²) in [7, 11) is 2.06. The molecule has 0 aromatic carbocycles. The molecule has 0 radical (unpaired) electrons. The van der Waals surface area contributed by atoms with Gasteiger partial charge in [-0.15, -0.1) is 0 Å². The molecule has 1 atom stereocenters. The van der Waals surface area contributed by atoms with E-state index in [4.69, 9.17) is 0 Å². The molecule has 0 bridgehead atoms. The zero-order valence-corrected chi connectivity index (χ0v) is 11.0. The second kappa shape index (κ2) is 5.17. The summed E-state index contributed by atoms with van der Waals surface area (Å²) in [5, 5.41) is 9.38. The molecule has 0 aliphatic heterocycles. The van der Waals surface area contributed by atoms with Gasteiger partial charge in [-0.25, -0.2) is 0 Å². The molecule has 3 nitrogen and oxygen atoms in total. The quantitative estimate of drug-likeness (QED) is 0.727. The molecule has 0 amide bonds. The Labute approximate surface area is 98.8 Å². The molecule has 1 saturated carbocycles. The van der Waals surface area contributed by atoms with Crippen molar-refractivity contribution >= 4 is 5.97 Å². The molecule has 1 unspecified atom stereocenters. The molecular formula is C13H25NO2. The minimum absolute atomic E-state index is 0.525. The van der Waals surface area contributed by atoms with E-state index in [1.165, 1.54) is 12.8 Å². The minimum Gasteiger partial charge on any atom is -0.481 e. The molecular weight excluding hydrogens is 202 g/mol. The standard InChI is InChI=1S/C13H25NO2/c1-5-13(6-2,12(15)16)9-14(4)10(3)11-7-8-11/h10-11H,5-9H2,1-4H3,(H,15,16). The Kier molecular flexibility index (Phi) is 4.36. The molecule has 0 spiro atoms. The van der Waals surface area contributed by atoms with Crippen molar-refractivity contribution in [3.63, 3.8) is 0 Å². The van der Waals surface area contributed by atoms with Crippen LogP contribution in [0.2, 0.25) is 0 Å². The summed E-state index contributed by atoms with van der Waals surface area (Å²) in [5.74, 6) is 0.151. The predicted molar refractivity (Wildman–Crippen MR) is 65.5 cm³/mol. The van der Waals surface area contributed by atoms with Gasteiger partial charge in [0.2, 0.25) is 0 Å². The molecule has 1 aliphatic carbocycles. The van der Waals surface area contributed by atoms with Crippen LogP contribution < -0.4 is 0 Å². The number of nitrogens with zero attached hydrogens (tertiary/aromatic N) is 1. The Morgan fingerprint density at radius 2 is 1.94 bits per heavy atom. The van der Waals surface area contributed by atoms with E-state index in [1.54, 1.807) is 0 Å². The predicted octanol–water partition coefficient (Wildman–Crippen LogP) is 2.61. The monoisotopic (exact) mass is 227 g/mol. The van der Waals surface area contributed by atoms with Crippen molar-refractivity contribution < 1.29 is 9.90 Å². The zero-order chi connectivity index (χ0) is 12.3. The lowest BCUT2D eigenvalue weighted by molar-refractivity contribution is -0.151. The van der Waals surface area contributed by atoms with Gasteiger partial charge in [0.15, 0.2) is 0 Å². The van der Waals surface area contributed by atoms with Crippen molar-refractivity contribution in [1.82, 2.24) is 4.90 Å². The molecule has 0 aromatic heterocycles. The Bertz CT molecular complexity index is 244. The number of rotatable bonds is 7. The SMILES string of the molecule is CCC(CC)(CN(C)C(C)C1CC1)C(=O)O. The lowest BCUT2D eigenvalue weighted by Crippen LogP contribution is -2.44. The van der Waals surface area contributed by atoms with Crippen LogP contribution in [0.25, 0.3) is 0 Å². The van der Waals surface area contributed by atoms with Crippen molar-refractivity contribution in [3.8, 4) is 0 Å². The average Bonchev–Trinajstić information content (AvgIpc) is 3.08. The zero-order valence-electron chi connectivity index (χ0n) is 11.0. The van der Waals surface area contributed by atoms with Gasteiger partial charge in [0.05, 0.1) is 5.41 Å². The maximum Gasteiger partial charge on any atom is 0.310 e. The van der Waals surface area contributed by atoms with E-state index in [2.05, 4.69) is 18.9 Å². The first-order valence-corrected chi connectivity index (χ1v) is 6.40. The summed E-state index contributed by atoms with van der Waals surface area (Å²) in [6, 6.07) is 0.525. The highest BCUT2D eigenvalue weighted by Crippen LogP contribution is 2.36. The van der Waals surface area contributed by atoms with Crippen LogP contribution in [0.3, 0.4) is 0 Å². The maximum absolute atomic E-state index is 11.4. The summed E-state index contributed by atoms with van der Waals surface area (Å²) in [6.45, 7) is 6.85. The lowest BCUT2D eigenvalue weighted by Gasteiger charge is -2.35. The normalized spacial score (nSPS) is 18.8. The van der Waals surface area contributed by atoms with Gasteiger partial charge in [0.1, 0.15) is 0 Å². The van der Waals surface area contributed by atoms with Crippen LogP contribution in [0.5, 0.6) is 0 Å². The molecule has 94 valence electrons. The van der Waals surface area contributed by atoms with Gasteiger partial charge in [-0.1, -0.05) is 13.8 Å². The molecule has 0 aromatic rings. The van der Waals surface area contributed by atoms with Crippen molar-refractivity contribution in [2.45, 2.75) is 52.5 Å². The Hall–Kier alpha value is -0.570. The Morgan fingerprint density at radius 3 is 2.25 bits per heavy atom. The van der Waals surface area contributed by atoms with E-state index in [-0.39, 0.29) is 0 Å². The van der Waals surface area contributed by atoms with E-state index < -0.39 is 11.4 Å². The molecule has 1 fully saturated rings. The van der Waals surface area contributed by atoms with Gasteiger partial charge in [-0.3, -0.25) is 4.79 Å². The van der Waals surface area contributed by atoms with E-state index in [1.807, 2.05) is 13.8 Å². The Morgan fingerprint density at radius 1 is 1.44 bits per heavy atom. The molecule has 1 aliphatic rings. The number of carboxylic acids is 1.